The van der Waals surface area contributed by atoms with Gasteiger partial charge in [-0.15, -0.1) is 0 Å². The van der Waals surface area contributed by atoms with E-state index >= 15 is 0 Å². The van der Waals surface area contributed by atoms with Crippen LogP contribution in [-0.4, -0.2) is 41.9 Å². The maximum absolute atomic E-state index is 12.0. The number of anilines is 2. The van der Waals surface area contributed by atoms with E-state index in [2.05, 4.69) is 10.2 Å². The van der Waals surface area contributed by atoms with Gasteiger partial charge < -0.3 is 11.1 Å². The van der Waals surface area contributed by atoms with Crippen LogP contribution in [0.25, 0.3) is 0 Å². The average Bonchev–Trinajstić information content (AvgIpc) is 2.62. The molecule has 6 heteroatoms. The molecule has 2 rings (SSSR count). The predicted octanol–water partition coefficient (Wildman–Crippen LogP) is 2.30. The number of hydrogen-bond acceptors (Lipinski definition) is 4. The molecular formula is C13H18ClN3OS. The van der Waals surface area contributed by atoms with Gasteiger partial charge in [0.2, 0.25) is 5.91 Å². The smallest absolute Gasteiger partial charge is 0.238 e. The summed E-state index contributed by atoms with van der Waals surface area (Å²) >= 11 is 7.97. The summed E-state index contributed by atoms with van der Waals surface area (Å²) in [6.45, 7) is 2.35. The summed E-state index contributed by atoms with van der Waals surface area (Å²) in [6, 6.07) is 5.08. The predicted molar refractivity (Wildman–Crippen MR) is 82.9 cm³/mol. The van der Waals surface area contributed by atoms with E-state index in [9.17, 15) is 4.79 Å². The molecule has 1 saturated heterocycles. The van der Waals surface area contributed by atoms with Crippen molar-refractivity contribution >= 4 is 40.6 Å². The Morgan fingerprint density at radius 3 is 3.11 bits per heavy atom. The van der Waals surface area contributed by atoms with Gasteiger partial charge in [0.05, 0.1) is 17.3 Å². The molecule has 0 aromatic heterocycles. The van der Waals surface area contributed by atoms with Gasteiger partial charge in [-0.3, -0.25) is 9.69 Å². The Morgan fingerprint density at radius 2 is 2.26 bits per heavy atom. The number of rotatable bonds is 3. The van der Waals surface area contributed by atoms with E-state index in [1.165, 1.54) is 5.75 Å². The van der Waals surface area contributed by atoms with Crippen LogP contribution in [-0.2, 0) is 4.79 Å². The minimum absolute atomic E-state index is 0.0422. The van der Waals surface area contributed by atoms with E-state index in [0.717, 1.165) is 25.3 Å². The van der Waals surface area contributed by atoms with Crippen molar-refractivity contribution in [1.82, 2.24) is 4.90 Å². The third-order valence-corrected chi connectivity index (χ3v) is 4.32. The number of nitrogens with one attached hydrogen (secondary N) is 1. The van der Waals surface area contributed by atoms with Crippen LogP contribution in [0.3, 0.4) is 0 Å². The molecule has 19 heavy (non-hydrogen) atoms. The van der Waals surface area contributed by atoms with Gasteiger partial charge in [-0.05, 0) is 36.9 Å². The molecule has 1 heterocycles. The number of benzene rings is 1. The van der Waals surface area contributed by atoms with Crippen LogP contribution in [0.4, 0.5) is 11.4 Å². The summed E-state index contributed by atoms with van der Waals surface area (Å²) in [7, 11) is 0. The fraction of sp³-hybridized carbons (Fsp3) is 0.462. The Labute approximate surface area is 122 Å². The summed E-state index contributed by atoms with van der Waals surface area (Å²) in [5.41, 5.74) is 6.85. The SMILES string of the molecule is Nc1ccc(Cl)c(NC(=O)CN2CCCSCC2)c1. The topological polar surface area (TPSA) is 58.4 Å². The lowest BCUT2D eigenvalue weighted by Crippen LogP contribution is -2.34. The maximum atomic E-state index is 12.0. The van der Waals surface area contributed by atoms with Crippen molar-refractivity contribution in [3.63, 3.8) is 0 Å². The standard InChI is InChI=1S/C13H18ClN3OS/c14-11-3-2-10(15)8-12(11)16-13(18)9-17-4-1-6-19-7-5-17/h2-3,8H,1,4-7,9,15H2,(H,16,18). The molecule has 0 saturated carbocycles. The lowest BCUT2D eigenvalue weighted by Gasteiger charge is -2.19. The molecule has 1 aromatic rings. The van der Waals surface area contributed by atoms with E-state index in [1.54, 1.807) is 18.2 Å². The van der Waals surface area contributed by atoms with Gasteiger partial charge in [-0.2, -0.15) is 11.8 Å². The number of nitrogen functional groups attached to an aromatic ring is 1. The highest BCUT2D eigenvalue weighted by molar-refractivity contribution is 7.99. The van der Waals surface area contributed by atoms with Gasteiger partial charge in [-0.25, -0.2) is 0 Å². The van der Waals surface area contributed by atoms with Crippen LogP contribution in [0.15, 0.2) is 18.2 Å². The van der Waals surface area contributed by atoms with Gasteiger partial charge in [0.15, 0.2) is 0 Å². The molecule has 0 spiro atoms. The van der Waals surface area contributed by atoms with Crippen LogP contribution >= 0.6 is 23.4 Å². The van der Waals surface area contributed by atoms with E-state index in [1.807, 2.05) is 11.8 Å². The van der Waals surface area contributed by atoms with Crippen molar-refractivity contribution in [3.05, 3.63) is 23.2 Å². The lowest BCUT2D eigenvalue weighted by atomic mass is 10.2. The molecule has 4 nitrogen and oxygen atoms in total. The van der Waals surface area contributed by atoms with Gasteiger partial charge in [0, 0.05) is 18.0 Å². The number of nitrogens with zero attached hydrogens (tertiary/aromatic N) is 1. The zero-order valence-corrected chi connectivity index (χ0v) is 12.3. The molecule has 1 aliphatic heterocycles. The number of nitrogens with two attached hydrogens (primary N) is 1. The van der Waals surface area contributed by atoms with Crippen molar-refractivity contribution in [2.24, 2.45) is 0 Å². The zero-order chi connectivity index (χ0) is 13.7. The van der Waals surface area contributed by atoms with Crippen LogP contribution < -0.4 is 11.1 Å². The van der Waals surface area contributed by atoms with Crippen molar-refractivity contribution < 1.29 is 4.79 Å². The Balaban J connectivity index is 1.91. The Bertz CT molecular complexity index is 448. The number of hydrogen-bond donors (Lipinski definition) is 2. The first-order valence-corrected chi connectivity index (χ1v) is 7.83. The minimum atomic E-state index is -0.0422. The summed E-state index contributed by atoms with van der Waals surface area (Å²) < 4.78 is 0. The van der Waals surface area contributed by atoms with Gasteiger partial charge >= 0.3 is 0 Å². The molecule has 0 unspecified atom stereocenters. The maximum Gasteiger partial charge on any atom is 0.238 e. The second-order valence-electron chi connectivity index (χ2n) is 4.53. The normalized spacial score (nSPS) is 16.9. The molecule has 1 amide bonds. The highest BCUT2D eigenvalue weighted by Crippen LogP contribution is 2.24. The molecule has 1 aliphatic rings. The monoisotopic (exact) mass is 299 g/mol. The molecule has 104 valence electrons. The van der Waals surface area contributed by atoms with Crippen molar-refractivity contribution in [2.75, 3.05) is 42.2 Å². The first-order valence-electron chi connectivity index (χ1n) is 6.30. The number of halogens is 1. The quantitative estimate of drug-likeness (QED) is 0.841. The Kier molecular flexibility index (Phi) is 5.36. The first-order chi connectivity index (χ1) is 9.15. The second kappa shape index (κ2) is 7.03. The Hall–Kier alpha value is -0.910. The van der Waals surface area contributed by atoms with Crippen molar-refractivity contribution in [1.29, 1.82) is 0 Å². The fourth-order valence-electron chi connectivity index (χ4n) is 1.99. The van der Waals surface area contributed by atoms with Crippen LogP contribution in [0.5, 0.6) is 0 Å². The number of amides is 1. The molecule has 0 bridgehead atoms. The summed E-state index contributed by atoms with van der Waals surface area (Å²) in [6.07, 6.45) is 1.14. The second-order valence-corrected chi connectivity index (χ2v) is 6.16. The summed E-state index contributed by atoms with van der Waals surface area (Å²) in [5.74, 6) is 2.23. The highest BCUT2D eigenvalue weighted by atomic mass is 35.5. The van der Waals surface area contributed by atoms with Crippen molar-refractivity contribution in [3.8, 4) is 0 Å². The molecular weight excluding hydrogens is 282 g/mol. The van der Waals surface area contributed by atoms with E-state index in [4.69, 9.17) is 17.3 Å². The van der Waals surface area contributed by atoms with Crippen LogP contribution in [0, 0.1) is 0 Å². The van der Waals surface area contributed by atoms with E-state index in [0.29, 0.717) is 22.9 Å². The first kappa shape index (κ1) is 14.5. The average molecular weight is 300 g/mol. The Morgan fingerprint density at radius 1 is 1.42 bits per heavy atom. The third kappa shape index (κ3) is 4.60. The molecule has 0 aliphatic carbocycles. The summed E-state index contributed by atoms with van der Waals surface area (Å²) in [5, 5.41) is 3.33. The van der Waals surface area contributed by atoms with Crippen molar-refractivity contribution in [2.45, 2.75) is 6.42 Å². The van der Waals surface area contributed by atoms with Gasteiger partial charge in [0.25, 0.3) is 0 Å². The zero-order valence-electron chi connectivity index (χ0n) is 10.7. The van der Waals surface area contributed by atoms with E-state index < -0.39 is 0 Å². The lowest BCUT2D eigenvalue weighted by molar-refractivity contribution is -0.117. The molecule has 1 fully saturated rings. The number of carbonyl (C=O) groups is 1. The van der Waals surface area contributed by atoms with Gasteiger partial charge in [-0.1, -0.05) is 11.6 Å². The molecule has 1 aromatic carbocycles. The largest absolute Gasteiger partial charge is 0.399 e. The number of carbonyl (C=O) groups excluding carboxylic acids is 1. The van der Waals surface area contributed by atoms with Gasteiger partial charge in [0.1, 0.15) is 0 Å². The molecule has 3 N–H and O–H groups in total. The highest BCUT2D eigenvalue weighted by Gasteiger charge is 2.14. The summed E-state index contributed by atoms with van der Waals surface area (Å²) in [4.78, 5) is 14.2. The third-order valence-electron chi connectivity index (χ3n) is 2.95. The number of thioether (sulfide) groups is 1. The minimum Gasteiger partial charge on any atom is -0.399 e. The van der Waals surface area contributed by atoms with E-state index in [-0.39, 0.29) is 5.91 Å². The van der Waals surface area contributed by atoms with Crippen LogP contribution in [0.1, 0.15) is 6.42 Å². The molecule has 0 radical (unpaired) electrons. The van der Waals surface area contributed by atoms with Crippen LogP contribution in [0.2, 0.25) is 5.02 Å². The fourth-order valence-corrected chi connectivity index (χ4v) is 3.08. The molecule has 0 atom stereocenters.